The summed E-state index contributed by atoms with van der Waals surface area (Å²) in [7, 11) is 0. The van der Waals surface area contributed by atoms with Crippen molar-refractivity contribution in [2.24, 2.45) is 5.73 Å². The Morgan fingerprint density at radius 3 is 2.71 bits per heavy atom. The summed E-state index contributed by atoms with van der Waals surface area (Å²) < 4.78 is 0.646. The fourth-order valence-corrected chi connectivity index (χ4v) is 2.14. The number of phenolic OH excluding ortho intramolecular Hbond substituents is 1. The molecule has 0 aliphatic heterocycles. The fraction of sp³-hybridized carbons (Fsp3) is 0.400. The Balaban J connectivity index is 2.75. The number of hydrogen-bond donors (Lipinski definition) is 2. The largest absolute Gasteiger partial charge is 0.506 e. The van der Waals surface area contributed by atoms with E-state index in [0.29, 0.717) is 16.0 Å². The molecule has 1 aromatic carbocycles. The fourth-order valence-electron chi connectivity index (χ4n) is 1.27. The smallest absolute Gasteiger partial charge is 0.133 e. The van der Waals surface area contributed by atoms with E-state index in [4.69, 9.17) is 17.3 Å². The Bertz CT molecular complexity index is 317. The Morgan fingerprint density at radius 1 is 1.36 bits per heavy atom. The molecule has 0 amide bonds. The average molecular weight is 279 g/mol. The summed E-state index contributed by atoms with van der Waals surface area (Å²) in [6.45, 7) is 0.683. The highest BCUT2D eigenvalue weighted by molar-refractivity contribution is 9.10. The molecule has 0 aromatic heterocycles. The lowest BCUT2D eigenvalue weighted by atomic mass is 10.1. The molecule has 1 rings (SSSR count). The Morgan fingerprint density at radius 2 is 2.07 bits per heavy atom. The number of benzene rings is 1. The molecule has 0 aliphatic rings. The van der Waals surface area contributed by atoms with E-state index in [-0.39, 0.29) is 5.75 Å². The van der Waals surface area contributed by atoms with Crippen molar-refractivity contribution in [1.29, 1.82) is 0 Å². The van der Waals surface area contributed by atoms with Gasteiger partial charge in [0.25, 0.3) is 0 Å². The molecule has 0 spiro atoms. The van der Waals surface area contributed by atoms with Crippen LogP contribution < -0.4 is 5.73 Å². The lowest BCUT2D eigenvalue weighted by Crippen LogP contribution is -1.99. The summed E-state index contributed by atoms with van der Waals surface area (Å²) in [5.74, 6) is 0.284. The highest BCUT2D eigenvalue weighted by Crippen LogP contribution is 2.32. The van der Waals surface area contributed by atoms with Crippen LogP contribution >= 0.6 is 27.5 Å². The average Bonchev–Trinajstić information content (AvgIpc) is 2.13. The van der Waals surface area contributed by atoms with Crippen LogP contribution in [0.15, 0.2) is 16.6 Å². The van der Waals surface area contributed by atoms with Crippen molar-refractivity contribution < 1.29 is 5.11 Å². The van der Waals surface area contributed by atoms with E-state index >= 15 is 0 Å². The Labute approximate surface area is 97.2 Å². The van der Waals surface area contributed by atoms with Crippen molar-refractivity contribution in [2.75, 3.05) is 6.54 Å². The Kier molecular flexibility index (Phi) is 4.72. The van der Waals surface area contributed by atoms with E-state index in [1.54, 1.807) is 12.1 Å². The molecule has 14 heavy (non-hydrogen) atoms. The van der Waals surface area contributed by atoms with E-state index in [2.05, 4.69) is 15.9 Å². The highest BCUT2D eigenvalue weighted by atomic mass is 79.9. The van der Waals surface area contributed by atoms with Gasteiger partial charge < -0.3 is 10.8 Å². The second-order valence-corrected chi connectivity index (χ2v) is 4.43. The van der Waals surface area contributed by atoms with Gasteiger partial charge in [-0.3, -0.25) is 0 Å². The molecule has 1 aromatic rings. The van der Waals surface area contributed by atoms with Gasteiger partial charge in [0, 0.05) is 5.02 Å². The first-order valence-corrected chi connectivity index (χ1v) is 5.69. The van der Waals surface area contributed by atoms with E-state index < -0.39 is 0 Å². The summed E-state index contributed by atoms with van der Waals surface area (Å²) >= 11 is 9.12. The number of phenols is 1. The van der Waals surface area contributed by atoms with Crippen LogP contribution in [0, 0.1) is 0 Å². The van der Waals surface area contributed by atoms with Gasteiger partial charge in [-0.25, -0.2) is 0 Å². The van der Waals surface area contributed by atoms with Crippen molar-refractivity contribution >= 4 is 27.5 Å². The topological polar surface area (TPSA) is 46.2 Å². The van der Waals surface area contributed by atoms with E-state index in [0.717, 1.165) is 24.8 Å². The van der Waals surface area contributed by atoms with Crippen LogP contribution in [0.2, 0.25) is 5.02 Å². The maximum Gasteiger partial charge on any atom is 0.133 e. The number of halogens is 2. The van der Waals surface area contributed by atoms with Gasteiger partial charge >= 0.3 is 0 Å². The Hall–Kier alpha value is -0.250. The summed E-state index contributed by atoms with van der Waals surface area (Å²) in [6.07, 6.45) is 2.74. The van der Waals surface area contributed by atoms with Crippen LogP contribution in [-0.4, -0.2) is 11.7 Å². The maximum absolute atomic E-state index is 9.68. The van der Waals surface area contributed by atoms with Gasteiger partial charge in [-0.2, -0.15) is 0 Å². The molecule has 78 valence electrons. The molecule has 0 unspecified atom stereocenters. The molecule has 0 bridgehead atoms. The molecular weight excluding hydrogens is 265 g/mol. The molecule has 0 radical (unpaired) electrons. The van der Waals surface area contributed by atoms with E-state index in [1.165, 1.54) is 0 Å². The third-order valence-corrected chi connectivity index (χ3v) is 2.83. The van der Waals surface area contributed by atoms with Crippen molar-refractivity contribution in [2.45, 2.75) is 19.3 Å². The van der Waals surface area contributed by atoms with Crippen LogP contribution in [0.4, 0.5) is 0 Å². The number of rotatable bonds is 4. The van der Waals surface area contributed by atoms with Gasteiger partial charge in [0.2, 0.25) is 0 Å². The van der Waals surface area contributed by atoms with Gasteiger partial charge in [0.1, 0.15) is 5.75 Å². The molecule has 0 aliphatic carbocycles. The maximum atomic E-state index is 9.68. The standard InChI is InChI=1S/C10H13BrClNO/c11-9-6-8(12)5-7(10(9)14)3-1-2-4-13/h5-6,14H,1-4,13H2. The molecule has 0 heterocycles. The normalized spacial score (nSPS) is 10.5. The number of nitrogens with two attached hydrogens (primary N) is 1. The predicted molar refractivity (Wildman–Crippen MR) is 62.8 cm³/mol. The number of unbranched alkanes of at least 4 members (excludes halogenated alkanes) is 1. The van der Waals surface area contributed by atoms with Crippen LogP contribution in [-0.2, 0) is 6.42 Å². The van der Waals surface area contributed by atoms with Crippen molar-refractivity contribution in [3.63, 3.8) is 0 Å². The second kappa shape index (κ2) is 5.59. The summed E-state index contributed by atoms with van der Waals surface area (Å²) in [6, 6.07) is 3.47. The van der Waals surface area contributed by atoms with Gasteiger partial charge in [-0.05, 0) is 59.4 Å². The zero-order valence-electron chi connectivity index (χ0n) is 7.76. The third-order valence-electron chi connectivity index (χ3n) is 2.01. The van der Waals surface area contributed by atoms with E-state index in [1.807, 2.05) is 0 Å². The molecule has 0 saturated carbocycles. The van der Waals surface area contributed by atoms with Crippen LogP contribution in [0.5, 0.6) is 5.75 Å². The third kappa shape index (κ3) is 3.15. The first-order chi connectivity index (χ1) is 6.65. The van der Waals surface area contributed by atoms with Crippen molar-refractivity contribution in [3.8, 4) is 5.75 Å². The predicted octanol–water partition coefficient (Wildman–Crippen LogP) is 3.09. The molecule has 3 N–H and O–H groups in total. The number of hydrogen-bond acceptors (Lipinski definition) is 2. The first-order valence-electron chi connectivity index (χ1n) is 4.52. The minimum Gasteiger partial charge on any atom is -0.506 e. The summed E-state index contributed by atoms with van der Waals surface area (Å²) in [5, 5.41) is 10.3. The SMILES string of the molecule is NCCCCc1cc(Cl)cc(Br)c1O. The molecular formula is C10H13BrClNO. The highest BCUT2D eigenvalue weighted by Gasteiger charge is 2.06. The van der Waals surface area contributed by atoms with Crippen molar-refractivity contribution in [1.82, 2.24) is 0 Å². The molecule has 0 saturated heterocycles. The minimum absolute atomic E-state index is 0.284. The second-order valence-electron chi connectivity index (χ2n) is 3.14. The summed E-state index contributed by atoms with van der Waals surface area (Å²) in [4.78, 5) is 0. The van der Waals surface area contributed by atoms with Crippen LogP contribution in [0.1, 0.15) is 18.4 Å². The zero-order valence-corrected chi connectivity index (χ0v) is 10.1. The van der Waals surface area contributed by atoms with Gasteiger partial charge in [0.05, 0.1) is 4.47 Å². The summed E-state index contributed by atoms with van der Waals surface area (Å²) in [5.41, 5.74) is 6.27. The van der Waals surface area contributed by atoms with Gasteiger partial charge in [0.15, 0.2) is 0 Å². The molecule has 0 fully saturated rings. The number of aryl methyl sites for hydroxylation is 1. The van der Waals surface area contributed by atoms with E-state index in [9.17, 15) is 5.11 Å². The number of aromatic hydroxyl groups is 1. The van der Waals surface area contributed by atoms with Gasteiger partial charge in [-0.15, -0.1) is 0 Å². The first kappa shape index (κ1) is 11.8. The lowest BCUT2D eigenvalue weighted by Gasteiger charge is -2.06. The van der Waals surface area contributed by atoms with Gasteiger partial charge in [-0.1, -0.05) is 11.6 Å². The van der Waals surface area contributed by atoms with Crippen LogP contribution in [0.3, 0.4) is 0 Å². The molecule has 2 nitrogen and oxygen atoms in total. The van der Waals surface area contributed by atoms with Crippen molar-refractivity contribution in [3.05, 3.63) is 27.2 Å². The monoisotopic (exact) mass is 277 g/mol. The lowest BCUT2D eigenvalue weighted by molar-refractivity contribution is 0.463. The zero-order chi connectivity index (χ0) is 10.6. The van der Waals surface area contributed by atoms with Crippen LogP contribution in [0.25, 0.3) is 0 Å². The quantitative estimate of drug-likeness (QED) is 0.832. The molecule has 4 heteroatoms. The minimum atomic E-state index is 0.284. The molecule has 0 atom stereocenters.